The number of thioether (sulfide) groups is 1. The number of rotatable bonds is 3. The van der Waals surface area contributed by atoms with E-state index in [0.717, 1.165) is 16.5 Å². The van der Waals surface area contributed by atoms with Crippen LogP contribution in [0.4, 0.5) is 4.39 Å². The molecule has 1 aromatic carbocycles. The summed E-state index contributed by atoms with van der Waals surface area (Å²) in [7, 11) is 0. The average Bonchev–Trinajstić information content (AvgIpc) is 2.76. The van der Waals surface area contributed by atoms with Gasteiger partial charge in [-0.3, -0.25) is 0 Å². The molecule has 0 fully saturated rings. The highest BCUT2D eigenvalue weighted by Crippen LogP contribution is 2.29. The van der Waals surface area contributed by atoms with Crippen molar-refractivity contribution >= 4 is 23.1 Å². The zero-order chi connectivity index (χ0) is 13.2. The summed E-state index contributed by atoms with van der Waals surface area (Å²) >= 11 is 3.14. The molecule has 1 nitrogen and oxygen atoms in total. The third-order valence-corrected chi connectivity index (χ3v) is 4.60. The van der Waals surface area contributed by atoms with Crippen LogP contribution in [0.3, 0.4) is 0 Å². The van der Waals surface area contributed by atoms with Gasteiger partial charge in [-0.15, -0.1) is 23.1 Å². The van der Waals surface area contributed by atoms with Gasteiger partial charge in [-0.05, 0) is 12.1 Å². The predicted octanol–water partition coefficient (Wildman–Crippen LogP) is 4.87. The van der Waals surface area contributed by atoms with Crippen molar-refractivity contribution in [2.24, 2.45) is 0 Å². The lowest BCUT2D eigenvalue weighted by atomic mass is 9.93. The minimum Gasteiger partial charge on any atom is -0.245 e. The van der Waals surface area contributed by atoms with Crippen LogP contribution in [-0.2, 0) is 11.2 Å². The molecule has 2 aromatic rings. The van der Waals surface area contributed by atoms with Crippen molar-refractivity contribution in [1.29, 1.82) is 0 Å². The topological polar surface area (TPSA) is 12.9 Å². The van der Waals surface area contributed by atoms with Gasteiger partial charge in [0, 0.05) is 15.7 Å². The van der Waals surface area contributed by atoms with E-state index in [1.54, 1.807) is 23.5 Å². The van der Waals surface area contributed by atoms with E-state index in [0.29, 0.717) is 4.90 Å². The summed E-state index contributed by atoms with van der Waals surface area (Å²) < 4.78 is 13.4. The first kappa shape index (κ1) is 13.6. The lowest BCUT2D eigenvalue weighted by Crippen LogP contribution is -2.11. The zero-order valence-corrected chi connectivity index (χ0v) is 12.4. The number of thiazole rings is 1. The first-order valence-electron chi connectivity index (χ1n) is 5.79. The molecular formula is C14H16FNS2. The first-order valence-corrected chi connectivity index (χ1v) is 7.65. The lowest BCUT2D eigenvalue weighted by molar-refractivity contribution is 0.571. The van der Waals surface area contributed by atoms with Gasteiger partial charge in [-0.2, -0.15) is 0 Å². The van der Waals surface area contributed by atoms with Crippen LogP contribution < -0.4 is 0 Å². The Labute approximate surface area is 115 Å². The van der Waals surface area contributed by atoms with Crippen molar-refractivity contribution in [2.75, 3.05) is 0 Å². The number of benzene rings is 1. The average molecular weight is 281 g/mol. The molecule has 0 N–H and O–H groups in total. The molecule has 18 heavy (non-hydrogen) atoms. The summed E-state index contributed by atoms with van der Waals surface area (Å²) in [5, 5.41) is 3.14. The molecule has 0 saturated carbocycles. The molecule has 0 spiro atoms. The summed E-state index contributed by atoms with van der Waals surface area (Å²) in [6.45, 7) is 6.45. The second kappa shape index (κ2) is 5.41. The van der Waals surface area contributed by atoms with Crippen molar-refractivity contribution in [2.45, 2.75) is 36.8 Å². The molecule has 0 aliphatic rings. The normalized spacial score (nSPS) is 11.8. The zero-order valence-electron chi connectivity index (χ0n) is 10.7. The van der Waals surface area contributed by atoms with Gasteiger partial charge >= 0.3 is 0 Å². The Morgan fingerprint density at radius 2 is 2.00 bits per heavy atom. The molecule has 0 aliphatic carbocycles. The number of aromatic nitrogens is 1. The Morgan fingerprint density at radius 3 is 2.61 bits per heavy atom. The number of halogens is 1. The maximum absolute atomic E-state index is 13.4. The quantitative estimate of drug-likeness (QED) is 0.744. The molecule has 2 rings (SSSR count). The van der Waals surface area contributed by atoms with Crippen molar-refractivity contribution < 1.29 is 4.39 Å². The van der Waals surface area contributed by atoms with E-state index >= 15 is 0 Å². The van der Waals surface area contributed by atoms with Crippen LogP contribution in [-0.4, -0.2) is 4.98 Å². The maximum Gasteiger partial charge on any atom is 0.136 e. The van der Waals surface area contributed by atoms with Gasteiger partial charge in [-0.1, -0.05) is 32.9 Å². The summed E-state index contributed by atoms with van der Waals surface area (Å²) in [6, 6.07) is 6.86. The van der Waals surface area contributed by atoms with Gasteiger partial charge in [0.15, 0.2) is 0 Å². The predicted molar refractivity (Wildman–Crippen MR) is 76.8 cm³/mol. The lowest BCUT2D eigenvalue weighted by Gasteiger charge is -2.14. The van der Waals surface area contributed by atoms with Gasteiger partial charge in [0.1, 0.15) is 10.8 Å². The fourth-order valence-corrected chi connectivity index (χ4v) is 3.40. The number of hydrogen-bond acceptors (Lipinski definition) is 3. The summed E-state index contributed by atoms with van der Waals surface area (Å²) in [5.74, 6) is 0.567. The van der Waals surface area contributed by atoms with Crippen molar-refractivity contribution in [3.63, 3.8) is 0 Å². The highest BCUT2D eigenvalue weighted by atomic mass is 32.2. The third-order valence-electron chi connectivity index (χ3n) is 2.51. The van der Waals surface area contributed by atoms with Gasteiger partial charge in [0.25, 0.3) is 0 Å². The van der Waals surface area contributed by atoms with E-state index in [1.807, 2.05) is 6.07 Å². The van der Waals surface area contributed by atoms with Gasteiger partial charge in [-0.25, -0.2) is 9.37 Å². The molecule has 4 heteroatoms. The minimum absolute atomic E-state index is 0.0808. The van der Waals surface area contributed by atoms with Crippen LogP contribution >= 0.6 is 23.1 Å². The molecule has 0 radical (unpaired) electrons. The third kappa shape index (κ3) is 3.33. The highest BCUT2D eigenvalue weighted by Gasteiger charge is 2.17. The summed E-state index contributed by atoms with van der Waals surface area (Å²) in [5.41, 5.74) is 1.19. The van der Waals surface area contributed by atoms with E-state index in [4.69, 9.17) is 0 Å². The van der Waals surface area contributed by atoms with Crippen LogP contribution in [0.1, 0.15) is 31.5 Å². The minimum atomic E-state index is -0.157. The Kier molecular flexibility index (Phi) is 4.07. The summed E-state index contributed by atoms with van der Waals surface area (Å²) in [6.07, 6.45) is 0. The largest absolute Gasteiger partial charge is 0.245 e. The second-order valence-corrected chi connectivity index (χ2v) is 7.06. The van der Waals surface area contributed by atoms with Crippen LogP contribution in [0.5, 0.6) is 0 Å². The van der Waals surface area contributed by atoms with Gasteiger partial charge in [0.05, 0.1) is 11.4 Å². The molecule has 0 bridgehead atoms. The van der Waals surface area contributed by atoms with Crippen LogP contribution in [0.15, 0.2) is 34.5 Å². The van der Waals surface area contributed by atoms with Crippen LogP contribution in [0.2, 0.25) is 0 Å². The van der Waals surface area contributed by atoms with Crippen molar-refractivity contribution in [3.8, 4) is 0 Å². The van der Waals surface area contributed by atoms with Crippen LogP contribution in [0.25, 0.3) is 0 Å². The Morgan fingerprint density at radius 1 is 1.28 bits per heavy atom. The fourth-order valence-electron chi connectivity index (χ4n) is 1.42. The molecule has 0 amide bonds. The molecule has 0 atom stereocenters. The SMILES string of the molecule is CC(C)(C)c1csc(CSc2ccccc2F)n1. The van der Waals surface area contributed by atoms with E-state index in [2.05, 4.69) is 31.1 Å². The van der Waals surface area contributed by atoms with Gasteiger partial charge in [0.2, 0.25) is 0 Å². The molecule has 96 valence electrons. The molecule has 1 aromatic heterocycles. The van der Waals surface area contributed by atoms with Crippen LogP contribution in [0, 0.1) is 5.82 Å². The monoisotopic (exact) mass is 281 g/mol. The van der Waals surface area contributed by atoms with E-state index in [-0.39, 0.29) is 11.2 Å². The highest BCUT2D eigenvalue weighted by molar-refractivity contribution is 7.98. The number of hydrogen-bond donors (Lipinski definition) is 0. The van der Waals surface area contributed by atoms with Crippen molar-refractivity contribution in [1.82, 2.24) is 4.98 Å². The molecule has 0 saturated heterocycles. The van der Waals surface area contributed by atoms with E-state index in [1.165, 1.54) is 17.8 Å². The molecule has 0 unspecified atom stereocenters. The van der Waals surface area contributed by atoms with Crippen molar-refractivity contribution in [3.05, 3.63) is 46.2 Å². The second-order valence-electron chi connectivity index (χ2n) is 5.10. The first-order chi connectivity index (χ1) is 8.47. The smallest absolute Gasteiger partial charge is 0.136 e. The van der Waals surface area contributed by atoms with E-state index in [9.17, 15) is 4.39 Å². The van der Waals surface area contributed by atoms with E-state index < -0.39 is 0 Å². The molecular weight excluding hydrogens is 265 g/mol. The van der Waals surface area contributed by atoms with Gasteiger partial charge < -0.3 is 0 Å². The Bertz CT molecular complexity index is 529. The molecule has 1 heterocycles. The Hall–Kier alpha value is -0.870. The fraction of sp³-hybridized carbons (Fsp3) is 0.357. The maximum atomic E-state index is 13.4. The summed E-state index contributed by atoms with van der Waals surface area (Å²) in [4.78, 5) is 5.29. The molecule has 0 aliphatic heterocycles. The standard InChI is InChI=1S/C14H16FNS2/c1-14(2,3)12-8-18-13(16-12)9-17-11-7-5-4-6-10(11)15/h4-8H,9H2,1-3H3. The number of nitrogens with zero attached hydrogens (tertiary/aromatic N) is 1. The Balaban J connectivity index is 2.03.